The van der Waals surface area contributed by atoms with E-state index in [4.69, 9.17) is 29.3 Å². The molecule has 20 rings (SSSR count). The number of hydrogen-bond acceptors (Lipinski definition) is 8. The van der Waals surface area contributed by atoms with E-state index in [2.05, 4.69) is 250 Å². The third-order valence-corrected chi connectivity index (χ3v) is 19.2. The monoisotopic (exact) mass is 1230 g/mol. The van der Waals surface area contributed by atoms with Crippen LogP contribution in [0.2, 0.25) is 5.02 Å². The molecule has 0 saturated carbocycles. The first-order valence-electron chi connectivity index (χ1n) is 31.6. The fourth-order valence-corrected chi connectivity index (χ4v) is 15.1. The first kappa shape index (κ1) is 53.7. The van der Waals surface area contributed by atoms with Crippen molar-refractivity contribution in [2.45, 2.75) is 0 Å². The summed E-state index contributed by atoms with van der Waals surface area (Å²) in [6.07, 6.45) is 0. The summed E-state index contributed by atoms with van der Waals surface area (Å²) >= 11 is 7.61. The molecule has 0 spiro atoms. The van der Waals surface area contributed by atoms with Gasteiger partial charge in [0.2, 0.25) is 0 Å². The summed E-state index contributed by atoms with van der Waals surface area (Å²) in [4.78, 5) is 9.18. The summed E-state index contributed by atoms with van der Waals surface area (Å²) in [5.74, 6) is 0. The number of halogens is 1. The van der Waals surface area contributed by atoms with E-state index in [9.17, 15) is 0 Å². The third-order valence-electron chi connectivity index (χ3n) is 18.8. The summed E-state index contributed by atoms with van der Waals surface area (Å²) in [5.41, 5.74) is 22.7. The van der Waals surface area contributed by atoms with Gasteiger partial charge in [0.1, 0.15) is 22.3 Å². The molecule has 0 saturated heterocycles. The summed E-state index contributed by atoms with van der Waals surface area (Å²) in [5, 5.41) is 9.32. The minimum Gasteiger partial charge on any atom is -0.454 e. The molecule has 18 aromatic rings. The molecule has 4 aromatic heterocycles. The van der Waals surface area contributed by atoms with Gasteiger partial charge in [-0.05, 0) is 126 Å². The average molecular weight is 1230 g/mol. The van der Waals surface area contributed by atoms with Crippen LogP contribution in [0.3, 0.4) is 0 Å². The third kappa shape index (κ3) is 8.21. The Bertz CT molecular complexity index is 5680. The van der Waals surface area contributed by atoms with Gasteiger partial charge in [-0.15, -0.1) is 0 Å². The lowest BCUT2D eigenvalue weighted by Gasteiger charge is -2.43. The summed E-state index contributed by atoms with van der Waals surface area (Å²) in [7, 11) is 0. The Kier molecular flexibility index (Phi) is 12.3. The number of para-hydroxylation sites is 12. The van der Waals surface area contributed by atoms with Crippen LogP contribution in [0, 0.1) is 0 Å². The molecule has 442 valence electrons. The van der Waals surface area contributed by atoms with Crippen LogP contribution >= 0.6 is 11.6 Å². The molecule has 14 aromatic carbocycles. The molecule has 6 heterocycles. The molecule has 2 aliphatic rings. The van der Waals surface area contributed by atoms with Crippen molar-refractivity contribution < 1.29 is 17.7 Å². The van der Waals surface area contributed by atoms with Crippen LogP contribution in [-0.2, 0) is 0 Å². The Balaban J connectivity index is 0.000000133. The molecule has 10 heteroatoms. The number of rotatable bonds is 8. The second kappa shape index (κ2) is 21.5. The topological polar surface area (TPSA) is 65.5 Å². The van der Waals surface area contributed by atoms with E-state index < -0.39 is 0 Å². The predicted octanol–water partition coefficient (Wildman–Crippen LogP) is 22.6. The van der Waals surface area contributed by atoms with Gasteiger partial charge in [-0.1, -0.05) is 218 Å². The fraction of sp³-hybridized carbons (Fsp3) is 0. The highest BCUT2D eigenvalue weighted by atomic mass is 35.5. The molecular weight excluding hydrogens is 1180 g/mol. The quantitative estimate of drug-likeness (QED) is 0.139. The summed E-state index contributed by atoms with van der Waals surface area (Å²) < 4.78 is 26.3. The van der Waals surface area contributed by atoms with Crippen molar-refractivity contribution in [3.63, 3.8) is 0 Å². The Morgan fingerprint density at radius 3 is 0.957 bits per heavy atom. The van der Waals surface area contributed by atoms with Crippen LogP contribution in [0.4, 0.5) is 68.2 Å². The molecular formula is C84H52BClN4O4. The molecule has 0 atom stereocenters. The minimum atomic E-state index is 0.0610. The van der Waals surface area contributed by atoms with Crippen molar-refractivity contribution in [1.29, 1.82) is 0 Å². The Morgan fingerprint density at radius 2 is 0.532 bits per heavy atom. The number of anilines is 12. The highest BCUT2D eigenvalue weighted by molar-refractivity contribution is 7.00. The van der Waals surface area contributed by atoms with Gasteiger partial charge in [-0.3, -0.25) is 0 Å². The van der Waals surface area contributed by atoms with E-state index >= 15 is 0 Å². The number of fused-ring (bicyclic) bond motifs is 16. The van der Waals surface area contributed by atoms with Gasteiger partial charge in [-0.2, -0.15) is 0 Å². The maximum Gasteiger partial charge on any atom is 0.252 e. The molecule has 0 fully saturated rings. The lowest BCUT2D eigenvalue weighted by atomic mass is 9.33. The van der Waals surface area contributed by atoms with Crippen molar-refractivity contribution in [3.05, 3.63) is 320 Å². The molecule has 0 N–H and O–H groups in total. The molecule has 94 heavy (non-hydrogen) atoms. The second-order valence-electron chi connectivity index (χ2n) is 23.9. The Labute approximate surface area is 545 Å². The van der Waals surface area contributed by atoms with Gasteiger partial charge < -0.3 is 37.3 Å². The number of hydrogen-bond donors (Lipinski definition) is 0. The van der Waals surface area contributed by atoms with Gasteiger partial charge in [0, 0.05) is 77.2 Å². The second-order valence-corrected chi connectivity index (χ2v) is 24.3. The molecule has 8 nitrogen and oxygen atoms in total. The molecule has 2 aliphatic heterocycles. The lowest BCUT2D eigenvalue weighted by molar-refractivity contribution is 0.668. The summed E-state index contributed by atoms with van der Waals surface area (Å²) in [6, 6.07) is 110. The zero-order chi connectivity index (χ0) is 62.0. The van der Waals surface area contributed by atoms with Gasteiger partial charge >= 0.3 is 0 Å². The molecule has 0 amide bonds. The van der Waals surface area contributed by atoms with Gasteiger partial charge in [0.15, 0.2) is 22.3 Å². The van der Waals surface area contributed by atoms with Gasteiger partial charge in [-0.25, -0.2) is 0 Å². The van der Waals surface area contributed by atoms with Crippen LogP contribution in [-0.4, -0.2) is 6.71 Å². The van der Waals surface area contributed by atoms with Gasteiger partial charge in [0.05, 0.1) is 39.1 Å². The van der Waals surface area contributed by atoms with E-state index in [1.165, 1.54) is 16.4 Å². The Morgan fingerprint density at radius 1 is 0.245 bits per heavy atom. The highest BCUT2D eigenvalue weighted by Gasteiger charge is 2.44. The van der Waals surface area contributed by atoms with Crippen LogP contribution in [0.15, 0.2) is 333 Å². The fourth-order valence-electron chi connectivity index (χ4n) is 14.8. The first-order valence-corrected chi connectivity index (χ1v) is 32.0. The van der Waals surface area contributed by atoms with Crippen molar-refractivity contribution in [3.8, 4) is 0 Å². The Hall–Kier alpha value is -12.2. The van der Waals surface area contributed by atoms with Gasteiger partial charge in [0.25, 0.3) is 6.71 Å². The largest absolute Gasteiger partial charge is 0.454 e. The van der Waals surface area contributed by atoms with Crippen molar-refractivity contribution in [2.24, 2.45) is 0 Å². The van der Waals surface area contributed by atoms with E-state index in [0.29, 0.717) is 5.02 Å². The van der Waals surface area contributed by atoms with Crippen molar-refractivity contribution in [2.75, 3.05) is 19.6 Å². The zero-order valence-corrected chi connectivity index (χ0v) is 51.2. The predicted molar refractivity (Wildman–Crippen MR) is 390 cm³/mol. The van der Waals surface area contributed by atoms with E-state index in [-0.39, 0.29) is 6.71 Å². The first-order chi connectivity index (χ1) is 46.6. The maximum atomic E-state index is 7.61. The number of nitrogens with zero attached hydrogens (tertiary/aromatic N) is 4. The normalized spacial score (nSPS) is 12.5. The zero-order valence-electron chi connectivity index (χ0n) is 50.4. The smallest absolute Gasteiger partial charge is 0.252 e. The summed E-state index contributed by atoms with van der Waals surface area (Å²) in [6.45, 7) is 0.0610. The minimum absolute atomic E-state index is 0.0610. The van der Waals surface area contributed by atoms with Crippen molar-refractivity contribution in [1.82, 2.24) is 0 Å². The van der Waals surface area contributed by atoms with Crippen LogP contribution in [0.5, 0.6) is 0 Å². The van der Waals surface area contributed by atoms with Crippen LogP contribution in [0.1, 0.15) is 0 Å². The average Bonchev–Trinajstić information content (AvgIpc) is 0.783. The number of benzene rings is 14. The maximum absolute atomic E-state index is 7.61. The van der Waals surface area contributed by atoms with Crippen LogP contribution in [0.25, 0.3) is 87.8 Å². The van der Waals surface area contributed by atoms with Crippen molar-refractivity contribution >= 4 is 191 Å². The highest BCUT2D eigenvalue weighted by Crippen LogP contribution is 2.52. The van der Waals surface area contributed by atoms with Crippen LogP contribution < -0.4 is 36.0 Å². The van der Waals surface area contributed by atoms with E-state index in [0.717, 1.165) is 156 Å². The van der Waals surface area contributed by atoms with E-state index in [1.54, 1.807) is 0 Å². The van der Waals surface area contributed by atoms with E-state index in [1.807, 2.05) is 84.9 Å². The molecule has 0 bridgehead atoms. The molecule has 0 unspecified atom stereocenters. The molecule has 0 aliphatic carbocycles. The molecule has 0 radical (unpaired) electrons. The lowest BCUT2D eigenvalue weighted by Crippen LogP contribution is -2.61. The number of furan rings is 4. The SMILES string of the molecule is Clc1c(N(c2ccccc2)c2cccc3c2oc2ccccc23)cccc1N(c1ccccc1)c1cccc2c1oc1ccccc12.c1ccc2c(c1)B1c3ccccc3N(c3cccc4c3oc3ccccc34)c3cccc(c31)N2c1cccc2c1oc1ccccc12. The standard InChI is InChI=1S/C42H25BN2O2.C42H27ClN2O2/c1-7-24-38-26(12-1)28-14-9-22-36(41(28)46-38)44-32-18-5-3-16-30(32)43-31-17-4-6-19-33(31)45(35-21-11-20-34(44)40(35)43)37-23-10-15-29-27-13-2-8-25-39(27)47-42(29)37;43-40-34(44(28-14-3-1-4-15-28)36-24-11-20-32-30-18-7-9-26-38(30)46-41(32)36)22-13-23-35(40)45(29-16-5-2-6-17-29)37-25-12-21-33-31-19-8-10-27-39(31)47-42(33)37/h1-25H;1-27H.